The number of hydrogen-bond donors (Lipinski definition) is 1. The topological polar surface area (TPSA) is 79.8 Å². The van der Waals surface area contributed by atoms with Crippen molar-refractivity contribution in [3.05, 3.63) is 64.5 Å². The lowest BCUT2D eigenvalue weighted by Crippen LogP contribution is -2.25. The molecule has 1 aliphatic rings. The standard InChI is InChI=1S/C19H23N3O4S/c1-21-11-16-5-3-4-14(18(16)13-21)8-9-22(27(24)25)12-17-7-6-15(10-20-17)19(23)26-2/h3-7,10,27H,8-9,11-13H2,1-2H3. The van der Waals surface area contributed by atoms with Gasteiger partial charge in [0.15, 0.2) is 0 Å². The molecular weight excluding hydrogens is 366 g/mol. The lowest BCUT2D eigenvalue weighted by atomic mass is 10.0. The van der Waals surface area contributed by atoms with E-state index in [4.69, 9.17) is 0 Å². The zero-order valence-electron chi connectivity index (χ0n) is 15.4. The molecular formula is C19H23N3O4S. The highest BCUT2D eigenvalue weighted by molar-refractivity contribution is 7.69. The van der Waals surface area contributed by atoms with E-state index in [-0.39, 0.29) is 6.54 Å². The number of carbonyl (C=O) groups excluding carboxylic acids is 1. The van der Waals surface area contributed by atoms with Gasteiger partial charge in [-0.05, 0) is 42.3 Å². The summed E-state index contributed by atoms with van der Waals surface area (Å²) in [5, 5.41) is 0. The van der Waals surface area contributed by atoms with Gasteiger partial charge in [0.2, 0.25) is 10.9 Å². The summed E-state index contributed by atoms with van der Waals surface area (Å²) in [6, 6.07) is 9.46. The molecule has 1 aromatic heterocycles. The minimum absolute atomic E-state index is 0.176. The van der Waals surface area contributed by atoms with E-state index in [2.05, 4.69) is 33.8 Å². The van der Waals surface area contributed by atoms with Crippen LogP contribution in [0.15, 0.2) is 36.5 Å². The third-order valence-electron chi connectivity index (χ3n) is 4.70. The van der Waals surface area contributed by atoms with Crippen LogP contribution in [-0.2, 0) is 41.7 Å². The molecule has 0 N–H and O–H groups in total. The number of benzene rings is 1. The zero-order valence-corrected chi connectivity index (χ0v) is 16.3. The quantitative estimate of drug-likeness (QED) is 0.569. The second-order valence-electron chi connectivity index (χ2n) is 6.63. The van der Waals surface area contributed by atoms with Crippen LogP contribution in [0.1, 0.15) is 32.7 Å². The third kappa shape index (κ3) is 4.71. The number of nitrogens with zero attached hydrogens (tertiary/aromatic N) is 3. The Hall–Kier alpha value is -2.29. The average molecular weight is 389 g/mol. The molecule has 0 fully saturated rings. The Kier molecular flexibility index (Phi) is 6.20. The van der Waals surface area contributed by atoms with Crippen molar-refractivity contribution in [2.24, 2.45) is 0 Å². The minimum atomic E-state index is -2.73. The van der Waals surface area contributed by atoms with Gasteiger partial charge in [-0.3, -0.25) is 9.88 Å². The van der Waals surface area contributed by atoms with Gasteiger partial charge in [-0.25, -0.2) is 13.2 Å². The van der Waals surface area contributed by atoms with Crippen molar-refractivity contribution < 1.29 is 17.9 Å². The Labute approximate surface area is 160 Å². The largest absolute Gasteiger partial charge is 0.465 e. The number of esters is 1. The number of rotatable bonds is 7. The van der Waals surface area contributed by atoms with Crippen LogP contribution in [0.25, 0.3) is 0 Å². The number of aromatic nitrogens is 1. The van der Waals surface area contributed by atoms with Crippen molar-refractivity contribution in [1.82, 2.24) is 14.2 Å². The molecule has 0 amide bonds. The smallest absolute Gasteiger partial charge is 0.339 e. The van der Waals surface area contributed by atoms with Gasteiger partial charge in [-0.15, -0.1) is 0 Å². The first kappa shape index (κ1) is 19.5. The lowest BCUT2D eigenvalue weighted by molar-refractivity contribution is 0.0600. The van der Waals surface area contributed by atoms with Crippen LogP contribution in [0.3, 0.4) is 0 Å². The van der Waals surface area contributed by atoms with Gasteiger partial charge in [-0.1, -0.05) is 18.2 Å². The van der Waals surface area contributed by atoms with E-state index in [1.54, 1.807) is 12.1 Å². The first-order valence-electron chi connectivity index (χ1n) is 8.68. The summed E-state index contributed by atoms with van der Waals surface area (Å²) in [5.74, 6) is -0.469. The molecule has 0 radical (unpaired) electrons. The van der Waals surface area contributed by atoms with E-state index >= 15 is 0 Å². The van der Waals surface area contributed by atoms with Gasteiger partial charge in [0.05, 0.1) is 24.9 Å². The zero-order chi connectivity index (χ0) is 19.4. The molecule has 2 heterocycles. The Morgan fingerprint density at radius 3 is 2.74 bits per heavy atom. The van der Waals surface area contributed by atoms with Crippen molar-refractivity contribution in [1.29, 1.82) is 0 Å². The molecule has 0 atom stereocenters. The summed E-state index contributed by atoms with van der Waals surface area (Å²) in [5.41, 5.74) is 4.73. The van der Waals surface area contributed by atoms with Crippen LogP contribution < -0.4 is 0 Å². The Balaban J connectivity index is 1.67. The van der Waals surface area contributed by atoms with Crippen LogP contribution in [0.5, 0.6) is 0 Å². The molecule has 3 rings (SSSR count). The maximum Gasteiger partial charge on any atom is 0.339 e. The summed E-state index contributed by atoms with van der Waals surface area (Å²) in [6.07, 6.45) is 2.05. The van der Waals surface area contributed by atoms with Crippen LogP contribution >= 0.6 is 0 Å². The molecule has 0 saturated heterocycles. The number of fused-ring (bicyclic) bond motifs is 1. The number of carbonyl (C=O) groups is 1. The second-order valence-corrected chi connectivity index (χ2v) is 7.67. The number of methoxy groups -OCH3 is 1. The predicted molar refractivity (Wildman–Crippen MR) is 102 cm³/mol. The van der Waals surface area contributed by atoms with Gasteiger partial charge in [-0.2, -0.15) is 4.31 Å². The highest BCUT2D eigenvalue weighted by Gasteiger charge is 2.19. The van der Waals surface area contributed by atoms with Gasteiger partial charge < -0.3 is 4.74 Å². The molecule has 2 aromatic rings. The molecule has 144 valence electrons. The van der Waals surface area contributed by atoms with E-state index in [1.165, 1.54) is 34.3 Å². The van der Waals surface area contributed by atoms with Crippen molar-refractivity contribution in [2.45, 2.75) is 26.1 Å². The van der Waals surface area contributed by atoms with E-state index in [0.29, 0.717) is 24.2 Å². The molecule has 0 aliphatic carbocycles. The molecule has 1 aromatic carbocycles. The van der Waals surface area contributed by atoms with Crippen LogP contribution in [0, 0.1) is 0 Å². The number of ether oxygens (including phenoxy) is 1. The average Bonchev–Trinajstić information content (AvgIpc) is 3.05. The van der Waals surface area contributed by atoms with Crippen molar-refractivity contribution >= 4 is 16.9 Å². The van der Waals surface area contributed by atoms with Crippen LogP contribution in [-0.4, -0.2) is 49.3 Å². The highest BCUT2D eigenvalue weighted by atomic mass is 32.2. The normalized spacial score (nSPS) is 13.9. The lowest BCUT2D eigenvalue weighted by Gasteiger charge is -2.16. The third-order valence-corrected chi connectivity index (χ3v) is 5.50. The molecule has 1 aliphatic heterocycles. The van der Waals surface area contributed by atoms with Crippen LogP contribution in [0.2, 0.25) is 0 Å². The monoisotopic (exact) mass is 389 g/mol. The van der Waals surface area contributed by atoms with Gasteiger partial charge in [0.25, 0.3) is 0 Å². The van der Waals surface area contributed by atoms with E-state index in [9.17, 15) is 13.2 Å². The summed E-state index contributed by atoms with van der Waals surface area (Å²) in [7, 11) is 0.651. The summed E-state index contributed by atoms with van der Waals surface area (Å²) in [4.78, 5) is 17.9. The van der Waals surface area contributed by atoms with Gasteiger partial charge in [0, 0.05) is 25.8 Å². The number of pyridine rings is 1. The van der Waals surface area contributed by atoms with Gasteiger partial charge >= 0.3 is 5.97 Å². The molecule has 0 spiro atoms. The Morgan fingerprint density at radius 1 is 1.26 bits per heavy atom. The second kappa shape index (κ2) is 8.60. The van der Waals surface area contributed by atoms with Crippen molar-refractivity contribution in [3.8, 4) is 0 Å². The summed E-state index contributed by atoms with van der Waals surface area (Å²) < 4.78 is 29.4. The first-order chi connectivity index (χ1) is 13.0. The van der Waals surface area contributed by atoms with E-state index < -0.39 is 16.9 Å². The van der Waals surface area contributed by atoms with Gasteiger partial charge in [0.1, 0.15) is 0 Å². The minimum Gasteiger partial charge on any atom is -0.465 e. The first-order valence-corrected chi connectivity index (χ1v) is 9.81. The molecule has 27 heavy (non-hydrogen) atoms. The summed E-state index contributed by atoms with van der Waals surface area (Å²) >= 11 is 0. The molecule has 7 nitrogen and oxygen atoms in total. The molecule has 0 bridgehead atoms. The fourth-order valence-corrected chi connectivity index (χ4v) is 3.83. The predicted octanol–water partition coefficient (Wildman–Crippen LogP) is 1.38. The van der Waals surface area contributed by atoms with Crippen LogP contribution in [0.4, 0.5) is 0 Å². The Morgan fingerprint density at radius 2 is 2.07 bits per heavy atom. The fraction of sp³-hybridized carbons (Fsp3) is 0.368. The van der Waals surface area contributed by atoms with Crippen molar-refractivity contribution in [2.75, 3.05) is 20.7 Å². The molecule has 8 heteroatoms. The molecule has 0 saturated carbocycles. The maximum absolute atomic E-state index is 11.7. The Bertz CT molecular complexity index is 888. The van der Waals surface area contributed by atoms with E-state index in [0.717, 1.165) is 13.1 Å². The summed E-state index contributed by atoms with van der Waals surface area (Å²) in [6.45, 7) is 2.39. The highest BCUT2D eigenvalue weighted by Crippen LogP contribution is 2.25. The maximum atomic E-state index is 11.7. The number of thiol groups is 1. The molecule has 0 unspecified atom stereocenters. The SMILES string of the molecule is COC(=O)c1ccc(CN(CCc2cccc3c2CN(C)C3)[SH](=O)=O)nc1. The number of hydrogen-bond acceptors (Lipinski definition) is 6. The van der Waals surface area contributed by atoms with Crippen molar-refractivity contribution in [3.63, 3.8) is 0 Å². The fourth-order valence-electron chi connectivity index (χ4n) is 3.30. The van der Waals surface area contributed by atoms with E-state index in [1.807, 2.05) is 6.07 Å².